The van der Waals surface area contributed by atoms with Gasteiger partial charge in [-0.25, -0.2) is 0 Å². The van der Waals surface area contributed by atoms with Gasteiger partial charge < -0.3 is 25.7 Å². The lowest BCUT2D eigenvalue weighted by Gasteiger charge is -2.23. The number of nitrogens with zero attached hydrogens (tertiary/aromatic N) is 1. The molecule has 0 aliphatic carbocycles. The SMILES string of the molecule is O=C(CN(CCSc1ccc(O)cc1)CCSc1ccc(O)cc1)NC(CO)CO. The summed E-state index contributed by atoms with van der Waals surface area (Å²) in [6, 6.07) is 13.3. The van der Waals surface area contributed by atoms with Crippen LogP contribution in [0.25, 0.3) is 0 Å². The van der Waals surface area contributed by atoms with Gasteiger partial charge in [0.2, 0.25) is 5.91 Å². The average molecular weight is 453 g/mol. The van der Waals surface area contributed by atoms with Gasteiger partial charge in [-0.05, 0) is 48.5 Å². The third-order valence-corrected chi connectivity index (χ3v) is 6.18. The van der Waals surface area contributed by atoms with E-state index in [9.17, 15) is 15.0 Å². The van der Waals surface area contributed by atoms with Crippen molar-refractivity contribution in [3.63, 3.8) is 0 Å². The van der Waals surface area contributed by atoms with Gasteiger partial charge in [0.05, 0.1) is 25.8 Å². The lowest BCUT2D eigenvalue weighted by Crippen LogP contribution is -2.46. The molecule has 0 aliphatic rings. The fourth-order valence-electron chi connectivity index (χ4n) is 2.57. The summed E-state index contributed by atoms with van der Waals surface area (Å²) in [6.45, 7) is 0.907. The molecule has 0 saturated carbocycles. The monoisotopic (exact) mass is 452 g/mol. The normalized spacial score (nSPS) is 11.2. The molecule has 0 bridgehead atoms. The van der Waals surface area contributed by atoms with Crippen LogP contribution in [0.15, 0.2) is 58.3 Å². The number of hydrogen-bond acceptors (Lipinski definition) is 8. The van der Waals surface area contributed by atoms with E-state index >= 15 is 0 Å². The summed E-state index contributed by atoms with van der Waals surface area (Å²) in [5.74, 6) is 1.75. The molecule has 0 radical (unpaired) electrons. The van der Waals surface area contributed by atoms with Crippen molar-refractivity contribution in [3.05, 3.63) is 48.5 Å². The van der Waals surface area contributed by atoms with Crippen LogP contribution in [-0.4, -0.2) is 81.6 Å². The van der Waals surface area contributed by atoms with Gasteiger partial charge in [-0.3, -0.25) is 9.69 Å². The molecule has 2 rings (SSSR count). The van der Waals surface area contributed by atoms with Crippen molar-refractivity contribution in [1.29, 1.82) is 0 Å². The maximum absolute atomic E-state index is 12.3. The highest BCUT2D eigenvalue weighted by Crippen LogP contribution is 2.22. The van der Waals surface area contributed by atoms with E-state index in [-0.39, 0.29) is 37.2 Å². The first kappa shape index (κ1) is 24.4. The summed E-state index contributed by atoms with van der Waals surface area (Å²) < 4.78 is 0. The maximum atomic E-state index is 12.3. The number of aliphatic hydroxyl groups excluding tert-OH is 2. The lowest BCUT2D eigenvalue weighted by atomic mass is 10.3. The van der Waals surface area contributed by atoms with Gasteiger partial charge >= 0.3 is 0 Å². The highest BCUT2D eigenvalue weighted by atomic mass is 32.2. The Morgan fingerprint density at radius 3 is 1.67 bits per heavy atom. The molecule has 2 aromatic carbocycles. The van der Waals surface area contributed by atoms with Crippen LogP contribution in [0.3, 0.4) is 0 Å². The first-order chi connectivity index (χ1) is 14.5. The summed E-state index contributed by atoms with van der Waals surface area (Å²) in [4.78, 5) is 16.4. The third kappa shape index (κ3) is 9.27. The summed E-state index contributed by atoms with van der Waals surface area (Å²) in [5, 5.41) is 39.7. The van der Waals surface area contributed by atoms with Crippen molar-refractivity contribution < 1.29 is 25.2 Å². The Bertz CT molecular complexity index is 703. The molecule has 0 spiro atoms. The first-order valence-electron chi connectivity index (χ1n) is 9.57. The molecule has 9 heteroatoms. The van der Waals surface area contributed by atoms with E-state index in [0.717, 1.165) is 21.3 Å². The molecule has 30 heavy (non-hydrogen) atoms. The van der Waals surface area contributed by atoms with Crippen LogP contribution in [-0.2, 0) is 4.79 Å². The van der Waals surface area contributed by atoms with Crippen molar-refractivity contribution in [2.45, 2.75) is 15.8 Å². The van der Waals surface area contributed by atoms with Gasteiger partial charge in [-0.15, -0.1) is 23.5 Å². The summed E-state index contributed by atoms with van der Waals surface area (Å²) in [7, 11) is 0. The van der Waals surface area contributed by atoms with E-state index in [0.29, 0.717) is 13.1 Å². The number of carbonyl (C=O) groups excluding carboxylic acids is 1. The minimum Gasteiger partial charge on any atom is -0.508 e. The molecule has 1 amide bonds. The Morgan fingerprint density at radius 2 is 1.27 bits per heavy atom. The number of nitrogens with one attached hydrogen (secondary N) is 1. The Balaban J connectivity index is 1.86. The second-order valence-corrected chi connectivity index (χ2v) is 8.93. The fourth-order valence-corrected chi connectivity index (χ4v) is 4.39. The van der Waals surface area contributed by atoms with Crippen LogP contribution in [0.1, 0.15) is 0 Å². The van der Waals surface area contributed by atoms with Crippen LogP contribution < -0.4 is 5.32 Å². The summed E-state index contributed by atoms with van der Waals surface area (Å²) in [6.07, 6.45) is 0. The molecule has 164 valence electrons. The van der Waals surface area contributed by atoms with Crippen molar-refractivity contribution >= 4 is 29.4 Å². The molecular weight excluding hydrogens is 424 g/mol. The Labute approximate surface area is 185 Å². The molecule has 0 aromatic heterocycles. The van der Waals surface area contributed by atoms with Gasteiger partial charge in [-0.2, -0.15) is 0 Å². The highest BCUT2D eigenvalue weighted by molar-refractivity contribution is 7.99. The van der Waals surface area contributed by atoms with Crippen LogP contribution in [0, 0.1) is 0 Å². The molecule has 0 saturated heterocycles. The number of carbonyl (C=O) groups is 1. The van der Waals surface area contributed by atoms with E-state index < -0.39 is 6.04 Å². The Morgan fingerprint density at radius 1 is 0.833 bits per heavy atom. The standard InChI is InChI=1S/C21H28N2O5S2/c24-14-16(15-25)22-21(28)13-23(9-11-29-19-5-1-17(26)2-6-19)10-12-30-20-7-3-18(27)4-8-20/h1-8,16,24-27H,9-15H2,(H,22,28). The van der Waals surface area contributed by atoms with E-state index in [2.05, 4.69) is 5.32 Å². The van der Waals surface area contributed by atoms with Crippen LogP contribution in [0.2, 0.25) is 0 Å². The molecule has 7 nitrogen and oxygen atoms in total. The Kier molecular flexibility index (Phi) is 10.9. The van der Waals surface area contributed by atoms with Gasteiger partial charge in [0.25, 0.3) is 0 Å². The first-order valence-corrected chi connectivity index (χ1v) is 11.5. The van der Waals surface area contributed by atoms with Crippen molar-refractivity contribution in [3.8, 4) is 11.5 Å². The minimum atomic E-state index is -0.655. The largest absolute Gasteiger partial charge is 0.508 e. The number of amides is 1. The van der Waals surface area contributed by atoms with Crippen LogP contribution in [0.5, 0.6) is 11.5 Å². The van der Waals surface area contributed by atoms with E-state index in [1.54, 1.807) is 47.8 Å². The van der Waals surface area contributed by atoms with Crippen molar-refractivity contribution in [2.75, 3.05) is 44.4 Å². The minimum absolute atomic E-state index is 0.169. The summed E-state index contributed by atoms with van der Waals surface area (Å²) in [5.41, 5.74) is 0. The molecular formula is C21H28N2O5S2. The average Bonchev–Trinajstić information content (AvgIpc) is 2.74. The number of hydrogen-bond donors (Lipinski definition) is 5. The number of rotatable bonds is 13. The number of phenolic OH excluding ortho intramolecular Hbond substituents is 2. The predicted octanol–water partition coefficient (Wildman–Crippen LogP) is 1.75. The van der Waals surface area contributed by atoms with Gasteiger partial charge in [0, 0.05) is 34.4 Å². The van der Waals surface area contributed by atoms with Crippen molar-refractivity contribution in [2.24, 2.45) is 0 Å². The zero-order valence-corrected chi connectivity index (χ0v) is 18.2. The topological polar surface area (TPSA) is 113 Å². The molecule has 0 atom stereocenters. The van der Waals surface area contributed by atoms with E-state index in [1.165, 1.54) is 0 Å². The van der Waals surface area contributed by atoms with Crippen LogP contribution in [0.4, 0.5) is 0 Å². The number of benzene rings is 2. The lowest BCUT2D eigenvalue weighted by molar-refractivity contribution is -0.123. The van der Waals surface area contributed by atoms with Gasteiger partial charge in [0.15, 0.2) is 0 Å². The van der Waals surface area contributed by atoms with E-state index in [1.807, 2.05) is 29.2 Å². The third-order valence-electron chi connectivity index (χ3n) is 4.20. The smallest absolute Gasteiger partial charge is 0.234 e. The predicted molar refractivity (Wildman–Crippen MR) is 120 cm³/mol. The summed E-state index contributed by atoms with van der Waals surface area (Å²) >= 11 is 3.28. The zero-order chi connectivity index (χ0) is 21.8. The van der Waals surface area contributed by atoms with E-state index in [4.69, 9.17) is 10.2 Å². The zero-order valence-electron chi connectivity index (χ0n) is 16.6. The molecule has 5 N–H and O–H groups in total. The van der Waals surface area contributed by atoms with Gasteiger partial charge in [-0.1, -0.05) is 0 Å². The second kappa shape index (κ2) is 13.4. The molecule has 0 unspecified atom stereocenters. The highest BCUT2D eigenvalue weighted by Gasteiger charge is 2.14. The number of thioether (sulfide) groups is 2. The number of aromatic hydroxyl groups is 2. The molecule has 0 heterocycles. The van der Waals surface area contributed by atoms with Crippen LogP contribution >= 0.6 is 23.5 Å². The second-order valence-electron chi connectivity index (χ2n) is 6.59. The van der Waals surface area contributed by atoms with Crippen molar-refractivity contribution in [1.82, 2.24) is 10.2 Å². The molecule has 0 fully saturated rings. The number of aliphatic hydroxyl groups is 2. The fraction of sp³-hybridized carbons (Fsp3) is 0.381. The Hall–Kier alpha value is -1.91. The molecule has 0 aliphatic heterocycles. The maximum Gasteiger partial charge on any atom is 0.234 e. The molecule has 2 aromatic rings. The number of phenols is 2. The van der Waals surface area contributed by atoms with Gasteiger partial charge in [0.1, 0.15) is 11.5 Å². The quantitative estimate of drug-likeness (QED) is 0.292.